The van der Waals surface area contributed by atoms with E-state index in [2.05, 4.69) is 53.8 Å². The number of ether oxygens (including phenoxy) is 1. The Morgan fingerprint density at radius 2 is 1.67 bits per heavy atom. The van der Waals surface area contributed by atoms with Crippen molar-refractivity contribution in [2.75, 3.05) is 25.1 Å². The summed E-state index contributed by atoms with van der Waals surface area (Å²) in [5.74, 6) is 0. The summed E-state index contributed by atoms with van der Waals surface area (Å²) in [4.78, 5) is 0. The topological polar surface area (TPSA) is 21.3 Å². The van der Waals surface area contributed by atoms with Crippen LogP contribution in [0.1, 0.15) is 6.92 Å². The maximum absolute atomic E-state index is 5.34. The number of anilines is 1. The van der Waals surface area contributed by atoms with E-state index in [1.54, 1.807) is 0 Å². The molecule has 2 rings (SSSR count). The van der Waals surface area contributed by atoms with E-state index in [9.17, 15) is 0 Å². The highest BCUT2D eigenvalue weighted by Crippen LogP contribution is 2.27. The van der Waals surface area contributed by atoms with Gasteiger partial charge in [-0.05, 0) is 18.6 Å². The summed E-state index contributed by atoms with van der Waals surface area (Å²) < 4.78 is 5.34. The summed E-state index contributed by atoms with van der Waals surface area (Å²) >= 11 is 0. The summed E-state index contributed by atoms with van der Waals surface area (Å²) in [7, 11) is 0. The highest BCUT2D eigenvalue weighted by molar-refractivity contribution is 5.77. The van der Waals surface area contributed by atoms with Crippen LogP contribution < -0.4 is 5.32 Å². The van der Waals surface area contributed by atoms with Crippen molar-refractivity contribution in [3.63, 3.8) is 0 Å². The molecule has 0 aliphatic carbocycles. The van der Waals surface area contributed by atoms with Crippen molar-refractivity contribution < 1.29 is 4.74 Å². The van der Waals surface area contributed by atoms with Gasteiger partial charge in [0, 0.05) is 24.4 Å². The molecule has 0 amide bonds. The molecule has 2 heteroatoms. The summed E-state index contributed by atoms with van der Waals surface area (Å²) in [5.41, 5.74) is 3.62. The number of para-hydroxylation sites is 1. The van der Waals surface area contributed by atoms with Gasteiger partial charge in [-0.25, -0.2) is 0 Å². The van der Waals surface area contributed by atoms with E-state index in [0.717, 1.165) is 25.4 Å². The number of nitrogens with one attached hydrogen (secondary N) is 1. The maximum atomic E-state index is 5.34. The fourth-order valence-corrected chi connectivity index (χ4v) is 1.91. The molecular formula is C16H19NO. The summed E-state index contributed by atoms with van der Waals surface area (Å²) in [6.45, 7) is 4.34. The molecule has 0 radical (unpaired) electrons. The smallest absolute Gasteiger partial charge is 0.0638 e. The lowest BCUT2D eigenvalue weighted by Crippen LogP contribution is -2.09. The molecule has 0 aliphatic rings. The standard InChI is InChI=1S/C16H19NO/c1-2-18-13-12-17-16-11-7-6-10-15(16)14-8-4-3-5-9-14/h3-11,17H,2,12-13H2,1H3. The zero-order chi connectivity index (χ0) is 12.6. The highest BCUT2D eigenvalue weighted by atomic mass is 16.5. The first-order valence-electron chi connectivity index (χ1n) is 6.38. The lowest BCUT2D eigenvalue weighted by atomic mass is 10.0. The van der Waals surface area contributed by atoms with Crippen molar-refractivity contribution in [3.05, 3.63) is 54.6 Å². The summed E-state index contributed by atoms with van der Waals surface area (Å²) in [6, 6.07) is 18.8. The van der Waals surface area contributed by atoms with Gasteiger partial charge in [0.15, 0.2) is 0 Å². The molecule has 0 aromatic heterocycles. The van der Waals surface area contributed by atoms with Gasteiger partial charge in [0.2, 0.25) is 0 Å². The van der Waals surface area contributed by atoms with E-state index in [1.165, 1.54) is 11.1 Å². The molecule has 0 unspecified atom stereocenters. The Kier molecular flexibility index (Phi) is 4.79. The Balaban J connectivity index is 2.11. The molecule has 0 spiro atoms. The summed E-state index contributed by atoms with van der Waals surface area (Å²) in [6.07, 6.45) is 0. The van der Waals surface area contributed by atoms with E-state index >= 15 is 0 Å². The molecular weight excluding hydrogens is 222 g/mol. The highest BCUT2D eigenvalue weighted by Gasteiger charge is 2.02. The van der Waals surface area contributed by atoms with Crippen LogP contribution in [0.2, 0.25) is 0 Å². The Morgan fingerprint density at radius 1 is 0.944 bits per heavy atom. The number of rotatable bonds is 6. The summed E-state index contributed by atoms with van der Waals surface area (Å²) in [5, 5.41) is 3.42. The van der Waals surface area contributed by atoms with Crippen LogP contribution in [0.25, 0.3) is 11.1 Å². The van der Waals surface area contributed by atoms with Gasteiger partial charge in [0.05, 0.1) is 6.61 Å². The van der Waals surface area contributed by atoms with Crippen LogP contribution >= 0.6 is 0 Å². The first-order valence-corrected chi connectivity index (χ1v) is 6.38. The number of hydrogen-bond acceptors (Lipinski definition) is 2. The predicted molar refractivity (Wildman–Crippen MR) is 76.9 cm³/mol. The quantitative estimate of drug-likeness (QED) is 0.777. The largest absolute Gasteiger partial charge is 0.382 e. The normalized spacial score (nSPS) is 10.3. The third-order valence-corrected chi connectivity index (χ3v) is 2.78. The molecule has 2 nitrogen and oxygen atoms in total. The minimum Gasteiger partial charge on any atom is -0.382 e. The number of benzene rings is 2. The Hall–Kier alpha value is -1.80. The lowest BCUT2D eigenvalue weighted by Gasteiger charge is -2.12. The fourth-order valence-electron chi connectivity index (χ4n) is 1.91. The van der Waals surface area contributed by atoms with Crippen LogP contribution in [0.4, 0.5) is 5.69 Å². The van der Waals surface area contributed by atoms with Crippen molar-refractivity contribution in [1.82, 2.24) is 0 Å². The second-order valence-corrected chi connectivity index (χ2v) is 4.04. The van der Waals surface area contributed by atoms with Crippen LogP contribution in [0.5, 0.6) is 0 Å². The Labute approximate surface area is 109 Å². The lowest BCUT2D eigenvalue weighted by molar-refractivity contribution is 0.158. The van der Waals surface area contributed by atoms with Crippen molar-refractivity contribution in [2.24, 2.45) is 0 Å². The van der Waals surface area contributed by atoms with Gasteiger partial charge < -0.3 is 10.1 Å². The van der Waals surface area contributed by atoms with Crippen molar-refractivity contribution >= 4 is 5.69 Å². The van der Waals surface area contributed by atoms with Gasteiger partial charge in [0.1, 0.15) is 0 Å². The molecule has 18 heavy (non-hydrogen) atoms. The van der Waals surface area contributed by atoms with Crippen molar-refractivity contribution in [3.8, 4) is 11.1 Å². The zero-order valence-electron chi connectivity index (χ0n) is 10.7. The van der Waals surface area contributed by atoms with Gasteiger partial charge in [-0.3, -0.25) is 0 Å². The van der Waals surface area contributed by atoms with Crippen LogP contribution in [0.15, 0.2) is 54.6 Å². The third kappa shape index (κ3) is 3.34. The van der Waals surface area contributed by atoms with E-state index in [0.29, 0.717) is 0 Å². The van der Waals surface area contributed by atoms with E-state index < -0.39 is 0 Å². The third-order valence-electron chi connectivity index (χ3n) is 2.78. The first kappa shape index (κ1) is 12.7. The monoisotopic (exact) mass is 241 g/mol. The van der Waals surface area contributed by atoms with Crippen LogP contribution in [0.3, 0.4) is 0 Å². The molecule has 0 bridgehead atoms. The zero-order valence-corrected chi connectivity index (χ0v) is 10.7. The molecule has 0 saturated heterocycles. The van der Waals surface area contributed by atoms with Crippen molar-refractivity contribution in [1.29, 1.82) is 0 Å². The minimum absolute atomic E-state index is 0.736. The molecule has 0 heterocycles. The average molecular weight is 241 g/mol. The van der Waals surface area contributed by atoms with E-state index in [-0.39, 0.29) is 0 Å². The fraction of sp³-hybridized carbons (Fsp3) is 0.250. The molecule has 2 aromatic carbocycles. The molecule has 94 valence electrons. The molecule has 0 aliphatic heterocycles. The minimum atomic E-state index is 0.736. The average Bonchev–Trinajstić information content (AvgIpc) is 2.45. The molecule has 0 atom stereocenters. The maximum Gasteiger partial charge on any atom is 0.0638 e. The van der Waals surface area contributed by atoms with Gasteiger partial charge in [0.25, 0.3) is 0 Å². The van der Waals surface area contributed by atoms with Gasteiger partial charge in [-0.1, -0.05) is 48.5 Å². The van der Waals surface area contributed by atoms with Gasteiger partial charge >= 0.3 is 0 Å². The van der Waals surface area contributed by atoms with Crippen LogP contribution in [0, 0.1) is 0 Å². The van der Waals surface area contributed by atoms with E-state index in [4.69, 9.17) is 4.74 Å². The van der Waals surface area contributed by atoms with Gasteiger partial charge in [-0.15, -0.1) is 0 Å². The molecule has 1 N–H and O–H groups in total. The van der Waals surface area contributed by atoms with Crippen LogP contribution in [-0.2, 0) is 4.74 Å². The predicted octanol–water partition coefficient (Wildman–Crippen LogP) is 3.80. The second kappa shape index (κ2) is 6.82. The van der Waals surface area contributed by atoms with Gasteiger partial charge in [-0.2, -0.15) is 0 Å². The SMILES string of the molecule is CCOCCNc1ccccc1-c1ccccc1. The number of hydrogen-bond donors (Lipinski definition) is 1. The Morgan fingerprint density at radius 3 is 2.44 bits per heavy atom. The van der Waals surface area contributed by atoms with E-state index in [1.807, 2.05) is 13.0 Å². The molecule has 0 saturated carbocycles. The first-order chi connectivity index (χ1) is 8.92. The van der Waals surface area contributed by atoms with Crippen molar-refractivity contribution in [2.45, 2.75) is 6.92 Å². The Bertz CT molecular complexity index is 468. The molecule has 2 aromatic rings. The molecule has 0 fully saturated rings. The second-order valence-electron chi connectivity index (χ2n) is 4.04. The van der Waals surface area contributed by atoms with Crippen LogP contribution in [-0.4, -0.2) is 19.8 Å².